The minimum atomic E-state index is -0.374. The summed E-state index contributed by atoms with van der Waals surface area (Å²) in [6, 6.07) is 4.81. The first-order chi connectivity index (χ1) is 9.02. The number of benzene rings is 1. The van der Waals surface area contributed by atoms with Crippen LogP contribution < -0.4 is 5.73 Å². The number of halogens is 1. The molecule has 1 aliphatic carbocycles. The third-order valence-electron chi connectivity index (χ3n) is 3.92. The Balaban J connectivity index is 2.29. The van der Waals surface area contributed by atoms with Gasteiger partial charge in [-0.1, -0.05) is 43.4 Å². The van der Waals surface area contributed by atoms with Crippen LogP contribution in [0, 0.1) is 10.1 Å². The molecule has 1 saturated carbocycles. The van der Waals surface area contributed by atoms with Crippen molar-refractivity contribution in [1.82, 2.24) is 0 Å². The summed E-state index contributed by atoms with van der Waals surface area (Å²) in [5.74, 6) is 0. The van der Waals surface area contributed by atoms with E-state index in [0.29, 0.717) is 17.0 Å². The lowest BCUT2D eigenvalue weighted by atomic mass is 9.84. The quantitative estimate of drug-likeness (QED) is 0.520. The molecule has 0 bridgehead atoms. The number of nitro benzene ring substituents is 1. The molecule has 5 heteroatoms. The van der Waals surface area contributed by atoms with Crippen LogP contribution in [0.1, 0.15) is 44.1 Å². The normalized spacial score (nSPS) is 18.8. The highest BCUT2D eigenvalue weighted by atomic mass is 35.5. The van der Waals surface area contributed by atoms with Crippen LogP contribution >= 0.6 is 11.6 Å². The first kappa shape index (κ1) is 14.3. The maximum atomic E-state index is 11.1. The minimum Gasteiger partial charge on any atom is -0.325 e. The standard InChI is InChI=1S/C14H19ClN2O2/c15-12-6-5-7-13(17(18)19)11(12)10-14(16)8-3-1-2-4-9-14/h5-7H,1-4,8-10,16H2. The predicted molar refractivity (Wildman–Crippen MR) is 76.4 cm³/mol. The summed E-state index contributed by atoms with van der Waals surface area (Å²) >= 11 is 6.14. The molecule has 0 saturated heterocycles. The molecule has 0 atom stereocenters. The number of hydrogen-bond donors (Lipinski definition) is 1. The van der Waals surface area contributed by atoms with E-state index in [2.05, 4.69) is 0 Å². The predicted octanol–water partition coefficient (Wildman–Crippen LogP) is 3.84. The number of nitrogens with zero attached hydrogens (tertiary/aromatic N) is 1. The largest absolute Gasteiger partial charge is 0.325 e. The SMILES string of the molecule is NC1(Cc2c(Cl)cccc2[N+](=O)[O-])CCCCCC1. The lowest BCUT2D eigenvalue weighted by Gasteiger charge is -2.28. The van der Waals surface area contributed by atoms with Gasteiger partial charge in [-0.15, -0.1) is 0 Å². The van der Waals surface area contributed by atoms with Crippen molar-refractivity contribution >= 4 is 17.3 Å². The molecule has 1 aromatic carbocycles. The molecule has 0 aromatic heterocycles. The molecule has 104 valence electrons. The summed E-state index contributed by atoms with van der Waals surface area (Å²) in [7, 11) is 0. The van der Waals surface area contributed by atoms with E-state index in [9.17, 15) is 10.1 Å². The second-order valence-corrected chi connectivity index (χ2v) is 5.86. The Bertz CT molecular complexity index is 469. The second-order valence-electron chi connectivity index (χ2n) is 5.45. The maximum Gasteiger partial charge on any atom is 0.274 e. The van der Waals surface area contributed by atoms with Gasteiger partial charge in [-0.05, 0) is 25.3 Å². The van der Waals surface area contributed by atoms with E-state index in [0.717, 1.165) is 25.7 Å². The molecule has 0 heterocycles. The Morgan fingerprint density at radius 1 is 1.26 bits per heavy atom. The van der Waals surface area contributed by atoms with E-state index in [1.54, 1.807) is 12.1 Å². The van der Waals surface area contributed by atoms with Gasteiger partial charge in [0.15, 0.2) is 0 Å². The van der Waals surface area contributed by atoms with E-state index in [4.69, 9.17) is 17.3 Å². The van der Waals surface area contributed by atoms with Crippen molar-refractivity contribution in [1.29, 1.82) is 0 Å². The molecular formula is C14H19ClN2O2. The molecule has 0 aliphatic heterocycles. The van der Waals surface area contributed by atoms with Gasteiger partial charge in [0.25, 0.3) is 5.69 Å². The van der Waals surface area contributed by atoms with E-state index in [-0.39, 0.29) is 16.1 Å². The summed E-state index contributed by atoms with van der Waals surface area (Å²) in [5, 5.41) is 11.5. The first-order valence-electron chi connectivity index (χ1n) is 6.72. The van der Waals surface area contributed by atoms with Crippen LogP contribution in [0.4, 0.5) is 5.69 Å². The van der Waals surface area contributed by atoms with Crippen molar-refractivity contribution in [2.45, 2.75) is 50.5 Å². The van der Waals surface area contributed by atoms with Gasteiger partial charge in [-0.3, -0.25) is 10.1 Å². The number of hydrogen-bond acceptors (Lipinski definition) is 3. The Labute approximate surface area is 118 Å². The average Bonchev–Trinajstić information content (AvgIpc) is 2.56. The molecular weight excluding hydrogens is 264 g/mol. The van der Waals surface area contributed by atoms with Gasteiger partial charge in [0.2, 0.25) is 0 Å². The highest BCUT2D eigenvalue weighted by Crippen LogP contribution is 2.34. The van der Waals surface area contributed by atoms with Crippen LogP contribution in [0.2, 0.25) is 5.02 Å². The first-order valence-corrected chi connectivity index (χ1v) is 7.10. The van der Waals surface area contributed by atoms with Gasteiger partial charge in [-0.25, -0.2) is 0 Å². The molecule has 2 rings (SSSR count). The second kappa shape index (κ2) is 5.88. The summed E-state index contributed by atoms with van der Waals surface area (Å²) in [6.07, 6.45) is 6.89. The fourth-order valence-electron chi connectivity index (χ4n) is 2.85. The molecule has 0 radical (unpaired) electrons. The lowest BCUT2D eigenvalue weighted by molar-refractivity contribution is -0.385. The fourth-order valence-corrected chi connectivity index (χ4v) is 3.09. The van der Waals surface area contributed by atoms with E-state index >= 15 is 0 Å². The summed E-state index contributed by atoms with van der Waals surface area (Å²) in [4.78, 5) is 10.7. The van der Waals surface area contributed by atoms with Crippen LogP contribution in [0.5, 0.6) is 0 Å². The van der Waals surface area contributed by atoms with Crippen molar-refractivity contribution in [2.24, 2.45) is 5.73 Å². The van der Waals surface area contributed by atoms with Crippen molar-refractivity contribution < 1.29 is 4.92 Å². The number of nitrogens with two attached hydrogens (primary N) is 1. The molecule has 0 unspecified atom stereocenters. The van der Waals surface area contributed by atoms with E-state index in [1.807, 2.05) is 0 Å². The van der Waals surface area contributed by atoms with Crippen LogP contribution in [-0.4, -0.2) is 10.5 Å². The molecule has 0 spiro atoms. The number of rotatable bonds is 3. The molecule has 1 aromatic rings. The topological polar surface area (TPSA) is 69.2 Å². The Kier molecular flexibility index (Phi) is 4.42. The maximum absolute atomic E-state index is 11.1. The molecule has 0 amide bonds. The third-order valence-corrected chi connectivity index (χ3v) is 4.27. The molecule has 4 nitrogen and oxygen atoms in total. The van der Waals surface area contributed by atoms with Crippen molar-refractivity contribution in [3.63, 3.8) is 0 Å². The fraction of sp³-hybridized carbons (Fsp3) is 0.571. The summed E-state index contributed by atoms with van der Waals surface area (Å²) in [6.45, 7) is 0. The van der Waals surface area contributed by atoms with Crippen LogP contribution in [0.3, 0.4) is 0 Å². The smallest absolute Gasteiger partial charge is 0.274 e. The molecule has 1 aliphatic rings. The zero-order valence-electron chi connectivity index (χ0n) is 10.9. The minimum absolute atomic E-state index is 0.0848. The van der Waals surface area contributed by atoms with Gasteiger partial charge in [0, 0.05) is 11.6 Å². The lowest BCUT2D eigenvalue weighted by Crippen LogP contribution is -2.41. The van der Waals surface area contributed by atoms with Crippen molar-refractivity contribution in [3.8, 4) is 0 Å². The summed E-state index contributed by atoms with van der Waals surface area (Å²) < 4.78 is 0. The zero-order valence-corrected chi connectivity index (χ0v) is 11.7. The van der Waals surface area contributed by atoms with Gasteiger partial charge in [0.05, 0.1) is 15.5 Å². The highest BCUT2D eigenvalue weighted by molar-refractivity contribution is 6.31. The molecule has 19 heavy (non-hydrogen) atoms. The average molecular weight is 283 g/mol. The summed E-state index contributed by atoms with van der Waals surface area (Å²) in [5.41, 5.74) is 6.76. The Morgan fingerprint density at radius 2 is 1.89 bits per heavy atom. The molecule has 1 fully saturated rings. The van der Waals surface area contributed by atoms with E-state index in [1.165, 1.54) is 18.9 Å². The van der Waals surface area contributed by atoms with Crippen LogP contribution in [0.25, 0.3) is 0 Å². The third kappa shape index (κ3) is 3.45. The monoisotopic (exact) mass is 282 g/mol. The molecule has 2 N–H and O–H groups in total. The van der Waals surface area contributed by atoms with Gasteiger partial charge < -0.3 is 5.73 Å². The van der Waals surface area contributed by atoms with Crippen molar-refractivity contribution in [3.05, 3.63) is 38.9 Å². The van der Waals surface area contributed by atoms with Gasteiger partial charge >= 0.3 is 0 Å². The van der Waals surface area contributed by atoms with Crippen LogP contribution in [0.15, 0.2) is 18.2 Å². The Morgan fingerprint density at radius 3 is 2.47 bits per heavy atom. The zero-order chi connectivity index (χ0) is 13.9. The highest BCUT2D eigenvalue weighted by Gasteiger charge is 2.30. The van der Waals surface area contributed by atoms with Crippen LogP contribution in [-0.2, 0) is 6.42 Å². The number of nitro groups is 1. The van der Waals surface area contributed by atoms with Gasteiger partial charge in [0.1, 0.15) is 0 Å². The van der Waals surface area contributed by atoms with Gasteiger partial charge in [-0.2, -0.15) is 0 Å². The van der Waals surface area contributed by atoms with Crippen molar-refractivity contribution in [2.75, 3.05) is 0 Å². The Hall–Kier alpha value is -1.13. The van der Waals surface area contributed by atoms with E-state index < -0.39 is 0 Å².